The lowest BCUT2D eigenvalue weighted by molar-refractivity contribution is -0.159. The van der Waals surface area contributed by atoms with Gasteiger partial charge < -0.3 is 49.3 Å². The zero-order valence-electron chi connectivity index (χ0n) is 26.6. The summed E-state index contributed by atoms with van der Waals surface area (Å²) in [5.74, 6) is -0.919. The van der Waals surface area contributed by atoms with Gasteiger partial charge in [0.2, 0.25) is 0 Å². The third-order valence-corrected chi connectivity index (χ3v) is 6.56. The lowest BCUT2D eigenvalue weighted by Gasteiger charge is -2.30. The fourth-order valence-corrected chi connectivity index (χ4v) is 4.10. The van der Waals surface area contributed by atoms with E-state index in [1.54, 1.807) is 13.8 Å². The summed E-state index contributed by atoms with van der Waals surface area (Å²) in [7, 11) is 0. The molecule has 254 valence electrons. The van der Waals surface area contributed by atoms with Gasteiger partial charge in [0, 0.05) is 25.2 Å². The highest BCUT2D eigenvalue weighted by Crippen LogP contribution is 2.32. The second kappa shape index (κ2) is 20.5. The predicted octanol–water partition coefficient (Wildman–Crippen LogP) is 2.67. The molecule has 0 fully saturated rings. The van der Waals surface area contributed by atoms with Crippen molar-refractivity contribution < 1.29 is 57.8 Å². The molecule has 2 aromatic carbocycles. The topological polar surface area (TPSA) is 188 Å². The van der Waals surface area contributed by atoms with Crippen molar-refractivity contribution in [2.75, 3.05) is 39.5 Å². The SMILES string of the molecule is CCOC(=O)CCNC(C)C1COc2ccccc2O1.CCOC(=O)CCNC(C)C1COc2ccccc2O1.O=C(O)C(=O)O. The molecule has 14 heteroatoms. The van der Waals surface area contributed by atoms with Gasteiger partial charge in [0.15, 0.2) is 23.0 Å². The van der Waals surface area contributed by atoms with Crippen LogP contribution >= 0.6 is 0 Å². The largest absolute Gasteiger partial charge is 0.486 e. The summed E-state index contributed by atoms with van der Waals surface area (Å²) in [6.45, 7) is 10.6. The molecule has 4 N–H and O–H groups in total. The van der Waals surface area contributed by atoms with E-state index >= 15 is 0 Å². The first-order valence-corrected chi connectivity index (χ1v) is 15.1. The van der Waals surface area contributed by atoms with Crippen molar-refractivity contribution in [3.63, 3.8) is 0 Å². The Balaban J connectivity index is 0.000000273. The van der Waals surface area contributed by atoms with Gasteiger partial charge in [0.1, 0.15) is 25.4 Å². The van der Waals surface area contributed by atoms with Crippen LogP contribution in [-0.4, -0.2) is 97.9 Å². The van der Waals surface area contributed by atoms with Gasteiger partial charge in [-0.3, -0.25) is 9.59 Å². The minimum atomic E-state index is -1.82. The van der Waals surface area contributed by atoms with Crippen LogP contribution in [0.2, 0.25) is 0 Å². The Bertz CT molecular complexity index is 1160. The number of hydrogen-bond donors (Lipinski definition) is 4. The van der Waals surface area contributed by atoms with Crippen LogP contribution in [0.3, 0.4) is 0 Å². The normalized spacial score (nSPS) is 17.0. The third-order valence-electron chi connectivity index (χ3n) is 6.56. The van der Waals surface area contributed by atoms with Crippen LogP contribution in [0.1, 0.15) is 40.5 Å². The molecular weight excluding hydrogens is 604 g/mol. The van der Waals surface area contributed by atoms with E-state index in [0.29, 0.717) is 52.4 Å². The highest BCUT2D eigenvalue weighted by atomic mass is 16.6. The molecule has 2 aromatic rings. The Labute approximate surface area is 268 Å². The second-order valence-corrected chi connectivity index (χ2v) is 10.0. The number of aliphatic carboxylic acids is 2. The van der Waals surface area contributed by atoms with E-state index in [-0.39, 0.29) is 36.2 Å². The lowest BCUT2D eigenvalue weighted by Crippen LogP contribution is -2.46. The van der Waals surface area contributed by atoms with Crippen LogP contribution in [0, 0.1) is 0 Å². The molecule has 14 nitrogen and oxygen atoms in total. The van der Waals surface area contributed by atoms with Crippen LogP contribution in [0.25, 0.3) is 0 Å². The van der Waals surface area contributed by atoms with E-state index in [0.717, 1.165) is 23.0 Å². The zero-order valence-corrected chi connectivity index (χ0v) is 26.6. The van der Waals surface area contributed by atoms with Gasteiger partial charge >= 0.3 is 23.9 Å². The van der Waals surface area contributed by atoms with Crippen molar-refractivity contribution in [2.24, 2.45) is 0 Å². The maximum atomic E-state index is 11.2. The number of carbonyl (C=O) groups is 4. The molecule has 0 saturated heterocycles. The summed E-state index contributed by atoms with van der Waals surface area (Å²) in [6.07, 6.45) is 0.601. The molecule has 0 spiro atoms. The van der Waals surface area contributed by atoms with Crippen LogP contribution in [0.5, 0.6) is 23.0 Å². The average Bonchev–Trinajstić information content (AvgIpc) is 3.05. The number of hydrogen-bond acceptors (Lipinski definition) is 12. The average molecular weight is 649 g/mol. The summed E-state index contributed by atoms with van der Waals surface area (Å²) >= 11 is 0. The number of esters is 2. The van der Waals surface area contributed by atoms with E-state index in [4.69, 9.17) is 48.2 Å². The molecule has 0 bridgehead atoms. The summed E-state index contributed by atoms with van der Waals surface area (Å²) in [5.41, 5.74) is 0. The minimum Gasteiger partial charge on any atom is -0.486 e. The molecule has 0 aromatic heterocycles. The number of fused-ring (bicyclic) bond motifs is 2. The fourth-order valence-electron chi connectivity index (χ4n) is 4.10. The van der Waals surface area contributed by atoms with Gasteiger partial charge in [-0.15, -0.1) is 0 Å². The fraction of sp³-hybridized carbons (Fsp3) is 0.500. The van der Waals surface area contributed by atoms with E-state index < -0.39 is 11.9 Å². The summed E-state index contributed by atoms with van der Waals surface area (Å²) in [6, 6.07) is 15.4. The molecule has 2 aliphatic heterocycles. The maximum Gasteiger partial charge on any atom is 0.414 e. The highest BCUT2D eigenvalue weighted by molar-refractivity contribution is 6.27. The lowest BCUT2D eigenvalue weighted by atomic mass is 10.1. The van der Waals surface area contributed by atoms with Crippen LogP contribution in [0.15, 0.2) is 48.5 Å². The van der Waals surface area contributed by atoms with Crippen molar-refractivity contribution in [1.82, 2.24) is 10.6 Å². The Morgan fingerprint density at radius 3 is 1.37 bits per heavy atom. The zero-order chi connectivity index (χ0) is 33.9. The first-order valence-electron chi connectivity index (χ1n) is 15.1. The summed E-state index contributed by atoms with van der Waals surface area (Å²) in [4.78, 5) is 40.7. The molecule has 46 heavy (non-hydrogen) atoms. The van der Waals surface area contributed by atoms with E-state index in [2.05, 4.69) is 10.6 Å². The Morgan fingerprint density at radius 1 is 0.696 bits per heavy atom. The molecule has 0 saturated carbocycles. The molecule has 0 radical (unpaired) electrons. The third kappa shape index (κ3) is 13.6. The van der Waals surface area contributed by atoms with Crippen LogP contribution < -0.4 is 29.6 Å². The van der Waals surface area contributed by atoms with Crippen molar-refractivity contribution >= 4 is 23.9 Å². The molecular formula is C32H44N2O12. The molecule has 2 aliphatic rings. The Morgan fingerprint density at radius 2 is 1.04 bits per heavy atom. The van der Waals surface area contributed by atoms with Gasteiger partial charge in [-0.2, -0.15) is 0 Å². The molecule has 4 atom stereocenters. The quantitative estimate of drug-likeness (QED) is 0.194. The van der Waals surface area contributed by atoms with Crippen molar-refractivity contribution in [2.45, 2.75) is 64.8 Å². The number of carboxylic acid groups (broad SMARTS) is 2. The molecule has 2 heterocycles. The van der Waals surface area contributed by atoms with Crippen LogP contribution in [-0.2, 0) is 28.7 Å². The van der Waals surface area contributed by atoms with E-state index in [1.165, 1.54) is 0 Å². The van der Waals surface area contributed by atoms with Crippen molar-refractivity contribution in [3.05, 3.63) is 48.5 Å². The Hall–Kier alpha value is -4.56. The summed E-state index contributed by atoms with van der Waals surface area (Å²) in [5, 5.41) is 21.3. The maximum absolute atomic E-state index is 11.2. The number of rotatable bonds is 12. The predicted molar refractivity (Wildman–Crippen MR) is 165 cm³/mol. The van der Waals surface area contributed by atoms with Gasteiger partial charge in [0.25, 0.3) is 0 Å². The minimum absolute atomic E-state index is 0.0629. The first kappa shape index (κ1) is 37.6. The standard InChI is InChI=1S/2C15H21NO4.C2H2O4/c2*1-3-18-15(17)8-9-16-11(2)14-10-19-12-6-4-5-7-13(12)20-14;3-1(4)2(5)6/h2*4-7,11,14,16H,3,8-10H2,1-2H3;(H,3,4)(H,5,6). The van der Waals surface area contributed by atoms with E-state index in [9.17, 15) is 9.59 Å². The van der Waals surface area contributed by atoms with Gasteiger partial charge in [-0.05, 0) is 52.0 Å². The first-order chi connectivity index (χ1) is 22.0. The van der Waals surface area contributed by atoms with Crippen molar-refractivity contribution in [3.8, 4) is 23.0 Å². The second-order valence-electron chi connectivity index (χ2n) is 10.0. The number of para-hydroxylation sites is 4. The van der Waals surface area contributed by atoms with Gasteiger partial charge in [0.05, 0.1) is 26.1 Å². The van der Waals surface area contributed by atoms with E-state index in [1.807, 2.05) is 62.4 Å². The molecule has 0 aliphatic carbocycles. The molecule has 0 amide bonds. The van der Waals surface area contributed by atoms with Crippen molar-refractivity contribution in [1.29, 1.82) is 0 Å². The molecule has 4 unspecified atom stereocenters. The number of ether oxygens (including phenoxy) is 6. The number of carbonyl (C=O) groups excluding carboxylic acids is 2. The Kier molecular flexibility index (Phi) is 16.7. The highest BCUT2D eigenvalue weighted by Gasteiger charge is 2.27. The number of benzene rings is 2. The van der Waals surface area contributed by atoms with Crippen LogP contribution in [0.4, 0.5) is 0 Å². The molecule has 4 rings (SSSR count). The summed E-state index contributed by atoms with van der Waals surface area (Å²) < 4.78 is 32.9. The smallest absolute Gasteiger partial charge is 0.414 e. The van der Waals surface area contributed by atoms with Gasteiger partial charge in [-0.25, -0.2) is 9.59 Å². The monoisotopic (exact) mass is 648 g/mol. The van der Waals surface area contributed by atoms with Gasteiger partial charge in [-0.1, -0.05) is 24.3 Å². The number of nitrogens with one attached hydrogen (secondary N) is 2. The number of carboxylic acids is 2.